The molecule has 2 saturated heterocycles. The van der Waals surface area contributed by atoms with Crippen LogP contribution in [-0.2, 0) is 28.5 Å². The summed E-state index contributed by atoms with van der Waals surface area (Å²) in [5.74, 6) is -6.87. The van der Waals surface area contributed by atoms with E-state index in [9.17, 15) is 65.8 Å². The van der Waals surface area contributed by atoms with E-state index in [1.165, 1.54) is 0 Å². The molecule has 2 fully saturated rings. The normalized spacial score (nSPS) is 41.9. The van der Waals surface area contributed by atoms with E-state index in [2.05, 4.69) is 0 Å². The van der Waals surface area contributed by atoms with Gasteiger partial charge in [-0.3, -0.25) is 14.5 Å². The smallest absolute Gasteiger partial charge is 0.311 e. The molecular formula is C53H87N3O17. The first kappa shape index (κ1) is 63.8. The first-order valence-electron chi connectivity index (χ1n) is 25.7. The van der Waals surface area contributed by atoms with Gasteiger partial charge in [-0.25, -0.2) is 0 Å². The van der Waals surface area contributed by atoms with E-state index >= 15 is 0 Å². The van der Waals surface area contributed by atoms with E-state index < -0.39 is 147 Å². The number of aliphatic hydroxyl groups is 10. The zero-order valence-electron chi connectivity index (χ0n) is 42.8. The van der Waals surface area contributed by atoms with Crippen LogP contribution in [0.1, 0.15) is 91.9 Å². The molecule has 0 amide bonds. The number of nitrogens with two attached hydrogens (primary N) is 2. The van der Waals surface area contributed by atoms with Crippen molar-refractivity contribution in [1.29, 1.82) is 0 Å². The van der Waals surface area contributed by atoms with Crippen molar-refractivity contribution >= 4 is 11.9 Å². The average Bonchev–Trinajstić information content (AvgIpc) is 3.31. The summed E-state index contributed by atoms with van der Waals surface area (Å²) in [6.07, 6.45) is 4.83. The summed E-state index contributed by atoms with van der Waals surface area (Å²) >= 11 is 0. The molecule has 20 heteroatoms. The van der Waals surface area contributed by atoms with Crippen molar-refractivity contribution in [2.75, 3.05) is 26.2 Å². The minimum Gasteiger partial charge on any atom is -0.481 e. The summed E-state index contributed by atoms with van der Waals surface area (Å²) in [7, 11) is 0. The van der Waals surface area contributed by atoms with E-state index in [1.807, 2.05) is 42.2 Å². The number of carboxylic acids is 1. The number of cyclic esters (lactones) is 1. The van der Waals surface area contributed by atoms with E-state index in [1.54, 1.807) is 75.5 Å². The molecule has 0 aromatic heterocycles. The Kier molecular flexibility index (Phi) is 28.7. The lowest BCUT2D eigenvalue weighted by molar-refractivity contribution is -0.312. The van der Waals surface area contributed by atoms with Gasteiger partial charge in [0.1, 0.15) is 18.1 Å². The molecule has 1 unspecified atom stereocenters. The van der Waals surface area contributed by atoms with Crippen LogP contribution in [0, 0.1) is 17.8 Å². The highest BCUT2D eigenvalue weighted by Gasteiger charge is 2.51. The molecule has 20 nitrogen and oxygen atoms in total. The fourth-order valence-electron chi connectivity index (χ4n) is 9.34. The van der Waals surface area contributed by atoms with Crippen molar-refractivity contribution in [2.45, 2.75) is 189 Å². The Labute approximate surface area is 430 Å². The number of fused-ring (bicyclic) bond motifs is 2. The molecule has 3 aliphatic heterocycles. The van der Waals surface area contributed by atoms with Crippen molar-refractivity contribution in [2.24, 2.45) is 29.2 Å². The number of nitrogens with zero attached hydrogens (tertiary/aromatic N) is 1. The summed E-state index contributed by atoms with van der Waals surface area (Å²) < 4.78 is 23.9. The average molecular weight is 1040 g/mol. The van der Waals surface area contributed by atoms with Gasteiger partial charge >= 0.3 is 11.9 Å². The third-order valence-electron chi connectivity index (χ3n) is 13.7. The number of aliphatic carboxylic acids is 1. The van der Waals surface area contributed by atoms with Gasteiger partial charge in [0.15, 0.2) is 12.1 Å². The topological polar surface area (TPSA) is 349 Å². The second-order valence-electron chi connectivity index (χ2n) is 19.8. The third kappa shape index (κ3) is 21.9. The minimum atomic E-state index is -2.34. The quantitative estimate of drug-likeness (QED) is 0.134. The van der Waals surface area contributed by atoms with Gasteiger partial charge in [-0.2, -0.15) is 0 Å². The monoisotopic (exact) mass is 1040 g/mol. The molecule has 0 radical (unpaired) electrons. The molecule has 0 spiro atoms. The number of carbonyl (C=O) groups excluding carboxylic acids is 1. The second kappa shape index (κ2) is 32.8. The number of allylic oxidation sites excluding steroid dienone is 12. The van der Waals surface area contributed by atoms with Gasteiger partial charge < -0.3 is 86.6 Å². The molecule has 0 aromatic rings. The van der Waals surface area contributed by atoms with Crippen molar-refractivity contribution in [1.82, 2.24) is 4.90 Å². The lowest BCUT2D eigenvalue weighted by atomic mass is 9.82. The molecule has 15 N–H and O–H groups in total. The van der Waals surface area contributed by atoms with Gasteiger partial charge in [0, 0.05) is 37.5 Å². The van der Waals surface area contributed by atoms with Crippen LogP contribution in [0.2, 0.25) is 0 Å². The molecule has 19 atom stereocenters. The molecule has 3 aliphatic rings. The van der Waals surface area contributed by atoms with Crippen LogP contribution >= 0.6 is 0 Å². The van der Waals surface area contributed by atoms with Crippen LogP contribution < -0.4 is 11.5 Å². The number of rotatable bonds is 10. The SMILES string of the molecule is C[C@@H]1[C@H](O)[C@@H](C)/C=C/C=C/C=C/C=C/C=C/C=C/C=C/[C@H](OC2O[C@H](C)[C@@H](O)[C@H](N(CCCN)CCCN)[C@@H]2O)C[C@@H]2O[C@](O)(C[C@@H](O)C[C@@H](O)[C@H](O)CC[C@@H](O)C[C@@H](O)CC(=O)O[C@H]1C)C[C@H](O)[C@H]2C(=O)O. The molecule has 0 aliphatic carbocycles. The lowest BCUT2D eigenvalue weighted by Crippen LogP contribution is -2.64. The van der Waals surface area contributed by atoms with E-state index in [0.717, 1.165) is 0 Å². The lowest BCUT2D eigenvalue weighted by Gasteiger charge is -2.47. The molecule has 3 rings (SSSR count). The highest BCUT2D eigenvalue weighted by molar-refractivity contribution is 5.71. The number of carboxylic acid groups (broad SMARTS) is 1. The van der Waals surface area contributed by atoms with Gasteiger partial charge in [0.25, 0.3) is 0 Å². The summed E-state index contributed by atoms with van der Waals surface area (Å²) in [6.45, 7) is 8.44. The minimum absolute atomic E-state index is 0.112. The largest absolute Gasteiger partial charge is 0.481 e. The predicted molar refractivity (Wildman–Crippen MR) is 272 cm³/mol. The molecule has 3 heterocycles. The van der Waals surface area contributed by atoms with Crippen LogP contribution in [0.3, 0.4) is 0 Å². The number of aliphatic hydroxyl groups excluding tert-OH is 9. The maximum Gasteiger partial charge on any atom is 0.311 e. The Bertz CT molecular complexity index is 1820. The van der Waals surface area contributed by atoms with Crippen molar-refractivity contribution in [3.8, 4) is 0 Å². The first-order chi connectivity index (χ1) is 34.6. The number of carbonyl (C=O) groups is 2. The fraction of sp³-hybridized carbons (Fsp3) is 0.698. The first-order valence-corrected chi connectivity index (χ1v) is 25.7. The van der Waals surface area contributed by atoms with E-state index in [-0.39, 0.29) is 31.6 Å². The van der Waals surface area contributed by atoms with Gasteiger partial charge in [0.05, 0.1) is 79.6 Å². The molecular weight excluding hydrogens is 951 g/mol. The zero-order valence-corrected chi connectivity index (χ0v) is 42.8. The number of hydrogen-bond donors (Lipinski definition) is 13. The van der Waals surface area contributed by atoms with Crippen LogP contribution in [-0.4, -0.2) is 197 Å². The summed E-state index contributed by atoms with van der Waals surface area (Å²) in [6, 6.07) is -0.868. The predicted octanol–water partition coefficient (Wildman–Crippen LogP) is 0.753. The zero-order chi connectivity index (χ0) is 54.3. The van der Waals surface area contributed by atoms with Crippen LogP contribution in [0.15, 0.2) is 85.1 Å². The van der Waals surface area contributed by atoms with Crippen molar-refractivity contribution in [3.63, 3.8) is 0 Å². The number of hydrogen-bond acceptors (Lipinski definition) is 19. The second-order valence-corrected chi connectivity index (χ2v) is 19.8. The van der Waals surface area contributed by atoms with Crippen LogP contribution in [0.25, 0.3) is 0 Å². The summed E-state index contributed by atoms with van der Waals surface area (Å²) in [4.78, 5) is 27.3. The summed E-state index contributed by atoms with van der Waals surface area (Å²) in [5, 5.41) is 121. The van der Waals surface area contributed by atoms with Crippen molar-refractivity contribution in [3.05, 3.63) is 85.1 Å². The highest BCUT2D eigenvalue weighted by Crippen LogP contribution is 2.38. The van der Waals surface area contributed by atoms with E-state index in [0.29, 0.717) is 39.0 Å². The highest BCUT2D eigenvalue weighted by atomic mass is 16.7. The Hall–Kier alpha value is -3.52. The van der Waals surface area contributed by atoms with Crippen LogP contribution in [0.4, 0.5) is 0 Å². The van der Waals surface area contributed by atoms with Crippen LogP contribution in [0.5, 0.6) is 0 Å². The Balaban J connectivity index is 1.94. The van der Waals surface area contributed by atoms with Crippen molar-refractivity contribution < 1.29 is 84.7 Å². The standard InChI is InChI=1S/C53H87N3O17/c1-33-19-15-13-11-9-7-5-6-8-10-12-14-16-20-40(72-52-50(66)47(49(65)36(4)71-52)56(25-17-23-54)26-18-24-55)30-44-46(51(67)68)43(62)32-53(69,73-44)31-39(59)28-42(61)41(60)22-21-37(57)27-38(58)29-45(63)70-35(3)34(2)48(33)64/h5-16,19-20,33-44,46-50,52,57-62,64-66,69H,17-18,21-32,54-55H2,1-4H3,(H,67,68)/b6-5+,9-7+,10-8+,13-11+,14-12+,19-15+,20-16+/t33-,34-,35-,36+,37+,38+,39-,40-,41+,42+,43-,44-,46+,47-,48+,49+,50-,52?,53+/m0/s1. The summed E-state index contributed by atoms with van der Waals surface area (Å²) in [5.41, 5.74) is 11.6. The molecule has 0 aromatic carbocycles. The molecule has 73 heavy (non-hydrogen) atoms. The molecule has 2 bridgehead atoms. The Morgan fingerprint density at radius 3 is 1.79 bits per heavy atom. The maximum atomic E-state index is 12.7. The van der Waals surface area contributed by atoms with E-state index in [4.69, 9.17) is 30.4 Å². The van der Waals surface area contributed by atoms with Gasteiger partial charge in [-0.05, 0) is 72.1 Å². The van der Waals surface area contributed by atoms with Gasteiger partial charge in [-0.15, -0.1) is 0 Å². The van der Waals surface area contributed by atoms with Gasteiger partial charge in [-0.1, -0.05) is 98.9 Å². The Morgan fingerprint density at radius 1 is 0.671 bits per heavy atom. The molecule has 0 saturated carbocycles. The Morgan fingerprint density at radius 2 is 1.23 bits per heavy atom. The fourth-order valence-corrected chi connectivity index (χ4v) is 9.34. The maximum absolute atomic E-state index is 12.7. The van der Waals surface area contributed by atoms with Gasteiger partial charge in [0.2, 0.25) is 0 Å². The molecule has 416 valence electrons. The third-order valence-corrected chi connectivity index (χ3v) is 13.7. The number of ether oxygens (including phenoxy) is 4. The number of esters is 1.